The van der Waals surface area contributed by atoms with Crippen molar-refractivity contribution < 1.29 is 21.7 Å². The fraction of sp³-hybridized carbons (Fsp3) is 0.286. The molecule has 0 fully saturated rings. The van der Waals surface area contributed by atoms with E-state index in [9.17, 15) is 0 Å². The van der Waals surface area contributed by atoms with E-state index in [0.29, 0.717) is 0 Å². The first-order chi connectivity index (χ1) is 7.81. The van der Waals surface area contributed by atoms with Crippen molar-refractivity contribution in [3.8, 4) is 0 Å². The van der Waals surface area contributed by atoms with Gasteiger partial charge in [-0.05, 0) is 0 Å². The molecule has 5 heteroatoms. The molecule has 0 aliphatic heterocycles. The molecule has 106 valence electrons. The van der Waals surface area contributed by atoms with Gasteiger partial charge in [0.2, 0.25) is 0 Å². The molecule has 2 rings (SSSR count). The van der Waals surface area contributed by atoms with Crippen LogP contribution in [0, 0.1) is 0 Å². The van der Waals surface area contributed by atoms with Crippen molar-refractivity contribution in [3.63, 3.8) is 0 Å². The van der Waals surface area contributed by atoms with Crippen LogP contribution in [0.15, 0.2) is 60.7 Å². The molecule has 0 amide bonds. The van der Waals surface area contributed by atoms with E-state index in [2.05, 4.69) is 13.8 Å². The Morgan fingerprint density at radius 2 is 1.05 bits per heavy atom. The Morgan fingerprint density at radius 1 is 0.789 bits per heavy atom. The average molecular weight is 372 g/mol. The number of rotatable bonds is 2. The molecule has 0 unspecified atom stereocenters. The van der Waals surface area contributed by atoms with Crippen LogP contribution in [0.2, 0.25) is 10.6 Å². The largest absolute Gasteiger partial charge is 2.00 e. The minimum absolute atomic E-state index is 0. The van der Waals surface area contributed by atoms with Gasteiger partial charge in [-0.15, -0.1) is 24.8 Å². The molecular formula is C14H22AlCl3Ti. The fourth-order valence-electron chi connectivity index (χ4n) is 0.930. The Kier molecular flexibility index (Phi) is 35.2. The molecule has 0 aliphatic carbocycles. The van der Waals surface area contributed by atoms with Gasteiger partial charge in [0.15, 0.2) is 0 Å². The Balaban J connectivity index is -0.0000000824. The van der Waals surface area contributed by atoms with Gasteiger partial charge in [-0.2, -0.15) is 36.4 Å². The molecule has 0 heterocycles. The number of halogens is 3. The van der Waals surface area contributed by atoms with Crippen LogP contribution in [0.1, 0.15) is 13.8 Å². The van der Waals surface area contributed by atoms with Gasteiger partial charge in [-0.3, -0.25) is 10.0 Å². The van der Waals surface area contributed by atoms with E-state index in [0.717, 1.165) is 0 Å². The molecule has 0 aliphatic rings. The summed E-state index contributed by atoms with van der Waals surface area (Å²) < 4.78 is 0. The van der Waals surface area contributed by atoms with Crippen LogP contribution >= 0.6 is 34.9 Å². The summed E-state index contributed by atoms with van der Waals surface area (Å²) >= 11 is -0.688. The zero-order valence-corrected chi connectivity index (χ0v) is 16.6. The predicted molar refractivity (Wildman–Crippen MR) is 91.1 cm³/mol. The van der Waals surface area contributed by atoms with E-state index in [1.165, 1.54) is 10.6 Å². The topological polar surface area (TPSA) is 0 Å². The third-order valence-electron chi connectivity index (χ3n) is 2.00. The minimum Gasteiger partial charge on any atom is -0.261 e. The summed E-state index contributed by atoms with van der Waals surface area (Å²) in [6.45, 7) is 4.32. The van der Waals surface area contributed by atoms with Crippen LogP contribution in [0.5, 0.6) is 0 Å². The van der Waals surface area contributed by atoms with Crippen molar-refractivity contribution in [1.82, 2.24) is 0 Å². The third-order valence-corrected chi connectivity index (χ3v) is 5.62. The molecule has 0 N–H and O–H groups in total. The van der Waals surface area contributed by atoms with E-state index >= 15 is 0 Å². The molecule has 19 heavy (non-hydrogen) atoms. The maximum Gasteiger partial charge on any atom is 2.00 e. The fourth-order valence-corrected chi connectivity index (χ4v) is 1.51. The number of hydrogen-bond acceptors (Lipinski definition) is 0. The molecule has 0 spiro atoms. The molecule has 0 bridgehead atoms. The summed E-state index contributed by atoms with van der Waals surface area (Å²) in [5, 5.41) is 2.47. The SMILES string of the molecule is C[CH2][Al]([Cl])[CH2]C.Cl.Cl.[Ti+2].c1cc[cH-]c1.c1cc[cH-]c1. The van der Waals surface area contributed by atoms with Crippen molar-refractivity contribution >= 4 is 48.1 Å². The predicted octanol–water partition coefficient (Wildman–Crippen LogP) is 5.91. The Morgan fingerprint density at radius 3 is 1.11 bits per heavy atom. The monoisotopic (exact) mass is 370 g/mol. The number of hydrogen-bond donors (Lipinski definition) is 0. The van der Waals surface area contributed by atoms with Crippen molar-refractivity contribution in [2.24, 2.45) is 0 Å². The van der Waals surface area contributed by atoms with Gasteiger partial charge in [0.05, 0.1) is 0 Å². The Bertz CT molecular complexity index is 221. The van der Waals surface area contributed by atoms with Gasteiger partial charge in [0, 0.05) is 0 Å². The smallest absolute Gasteiger partial charge is 0.261 e. The van der Waals surface area contributed by atoms with Gasteiger partial charge in [-0.1, -0.05) is 24.4 Å². The third kappa shape index (κ3) is 24.2. The molecule has 0 atom stereocenters. The molecular weight excluding hydrogens is 349 g/mol. The summed E-state index contributed by atoms with van der Waals surface area (Å²) in [4.78, 5) is 0. The Hall–Kier alpha value is 0.817. The van der Waals surface area contributed by atoms with Gasteiger partial charge in [0.25, 0.3) is 0 Å². The van der Waals surface area contributed by atoms with Gasteiger partial charge >= 0.3 is 34.9 Å². The molecule has 0 saturated heterocycles. The average Bonchev–Trinajstić information content (AvgIpc) is 3.03. The summed E-state index contributed by atoms with van der Waals surface area (Å²) in [5.41, 5.74) is 0. The molecule has 2 aromatic carbocycles. The molecule has 0 aromatic heterocycles. The van der Waals surface area contributed by atoms with Crippen molar-refractivity contribution in [3.05, 3.63) is 60.7 Å². The zero-order chi connectivity index (χ0) is 12.1. The molecule has 0 nitrogen and oxygen atoms in total. The summed E-state index contributed by atoms with van der Waals surface area (Å²) in [6.07, 6.45) is 0. The zero-order valence-electron chi connectivity index (χ0n) is 11.5. The summed E-state index contributed by atoms with van der Waals surface area (Å²) in [6, 6.07) is 20.0. The second kappa shape index (κ2) is 23.9. The first-order valence-corrected chi connectivity index (χ1v) is 9.16. The van der Waals surface area contributed by atoms with Crippen LogP contribution in [0.25, 0.3) is 0 Å². The van der Waals surface area contributed by atoms with Crippen molar-refractivity contribution in [2.75, 3.05) is 0 Å². The van der Waals surface area contributed by atoms with Crippen molar-refractivity contribution in [2.45, 2.75) is 24.4 Å². The van der Waals surface area contributed by atoms with E-state index in [-0.39, 0.29) is 46.5 Å². The first kappa shape index (κ1) is 28.0. The van der Waals surface area contributed by atoms with E-state index in [4.69, 9.17) is 10.0 Å². The second-order valence-electron chi connectivity index (χ2n) is 3.34. The van der Waals surface area contributed by atoms with Gasteiger partial charge in [-0.25, -0.2) is 24.3 Å². The van der Waals surface area contributed by atoms with E-state index in [1.807, 2.05) is 60.7 Å². The van der Waals surface area contributed by atoms with Crippen LogP contribution < -0.4 is 0 Å². The van der Waals surface area contributed by atoms with Crippen LogP contribution in [-0.4, -0.2) is 13.2 Å². The molecule has 0 radical (unpaired) electrons. The first-order valence-electron chi connectivity index (χ1n) is 5.78. The summed E-state index contributed by atoms with van der Waals surface area (Å²) in [5.74, 6) is 0. The molecule has 2 aromatic rings. The van der Waals surface area contributed by atoms with E-state index < -0.39 is 13.2 Å². The van der Waals surface area contributed by atoms with Crippen LogP contribution in [0.4, 0.5) is 0 Å². The normalized spacial score (nSPS) is 6.89. The Labute approximate surface area is 154 Å². The van der Waals surface area contributed by atoms with Crippen LogP contribution in [0.3, 0.4) is 0 Å². The minimum atomic E-state index is -0.688. The molecule has 0 saturated carbocycles. The maximum absolute atomic E-state index is 5.79. The van der Waals surface area contributed by atoms with Gasteiger partial charge < -0.3 is 0 Å². The quantitative estimate of drug-likeness (QED) is 0.455. The second-order valence-corrected chi connectivity index (χ2v) is 8.02. The van der Waals surface area contributed by atoms with E-state index in [1.54, 1.807) is 0 Å². The van der Waals surface area contributed by atoms with Crippen LogP contribution in [-0.2, 0) is 21.7 Å². The van der Waals surface area contributed by atoms with Crippen molar-refractivity contribution in [1.29, 1.82) is 0 Å². The summed E-state index contributed by atoms with van der Waals surface area (Å²) in [7, 11) is 5.79. The maximum atomic E-state index is 5.79. The standard InChI is InChI=1S/2C5H5.2C2H5.Al.3ClH.Ti/c2*1-2-4-5-3-1;2*1-2;;;;;/h2*1-5H;2*1H2,2H3;;3*1H;/q2*-1;;;+1;;;;+2/p-1. The van der Waals surface area contributed by atoms with Gasteiger partial charge in [0.1, 0.15) is 0 Å².